The number of para-hydroxylation sites is 1. The van der Waals surface area contributed by atoms with Crippen molar-refractivity contribution in [3.63, 3.8) is 0 Å². The third-order valence-corrected chi connectivity index (χ3v) is 11.5. The van der Waals surface area contributed by atoms with Crippen LogP contribution in [0.3, 0.4) is 0 Å². The molecule has 3 aliphatic heterocycles. The van der Waals surface area contributed by atoms with Crippen molar-refractivity contribution >= 4 is 34.8 Å². The number of aliphatic hydroxyl groups excluding tert-OH is 1. The van der Waals surface area contributed by atoms with Crippen LogP contribution in [0.4, 0.5) is 17.1 Å². The fourth-order valence-corrected chi connectivity index (χ4v) is 8.25. The summed E-state index contributed by atoms with van der Waals surface area (Å²) in [5.74, 6) is -1.31. The second-order valence-corrected chi connectivity index (χ2v) is 15.6. The van der Waals surface area contributed by atoms with E-state index in [1.54, 1.807) is 33.8 Å². The molecule has 0 aromatic heterocycles. The molecule has 0 saturated carbocycles. The highest BCUT2D eigenvalue weighted by Gasteiger charge is 2.55. The summed E-state index contributed by atoms with van der Waals surface area (Å²) in [5.41, 5.74) is 3.36. The number of benzene rings is 3. The molecular formula is C46H57N5O5. The number of allylic oxidation sites excluding steroid dienone is 3. The molecule has 0 unspecified atom stereocenters. The molecule has 0 radical (unpaired) electrons. The molecule has 3 aliphatic rings. The molecule has 56 heavy (non-hydrogen) atoms. The SMILES string of the molecule is CC(C)=CCC/C(C)=C/CN1C(=O)[C@](O)([C@H](C)/C=C/CC(=O)N(CCO)Cc2ccccc2)c2cc(N3CN(c4ccccc4)C4(CCNCC4)C3=O)ccc21. The van der Waals surface area contributed by atoms with Crippen molar-refractivity contribution in [1.29, 1.82) is 0 Å². The highest BCUT2D eigenvalue weighted by atomic mass is 16.3. The maximum Gasteiger partial charge on any atom is 0.264 e. The maximum absolute atomic E-state index is 14.6. The number of anilines is 3. The summed E-state index contributed by atoms with van der Waals surface area (Å²) in [7, 11) is 0. The first-order chi connectivity index (χ1) is 27.0. The predicted molar refractivity (Wildman–Crippen MR) is 223 cm³/mol. The van der Waals surface area contributed by atoms with Crippen molar-refractivity contribution in [2.45, 2.75) is 77.5 Å². The lowest BCUT2D eigenvalue weighted by Gasteiger charge is -2.39. The number of rotatable bonds is 15. The molecule has 10 heteroatoms. The van der Waals surface area contributed by atoms with Crippen LogP contribution in [0, 0.1) is 5.92 Å². The second kappa shape index (κ2) is 17.8. The molecule has 3 amide bonds. The number of hydrogen-bond acceptors (Lipinski definition) is 7. The van der Waals surface area contributed by atoms with Gasteiger partial charge in [-0.05, 0) is 95.4 Å². The smallest absolute Gasteiger partial charge is 0.264 e. The first-order valence-corrected chi connectivity index (χ1v) is 19.9. The molecule has 2 saturated heterocycles. The highest BCUT2D eigenvalue weighted by molar-refractivity contribution is 6.10. The van der Waals surface area contributed by atoms with Crippen LogP contribution in [0.2, 0.25) is 0 Å². The second-order valence-electron chi connectivity index (χ2n) is 15.6. The van der Waals surface area contributed by atoms with Gasteiger partial charge in [-0.25, -0.2) is 0 Å². The van der Waals surface area contributed by atoms with Crippen molar-refractivity contribution in [2.24, 2.45) is 5.92 Å². The van der Waals surface area contributed by atoms with Gasteiger partial charge in [0.15, 0.2) is 5.60 Å². The van der Waals surface area contributed by atoms with Crippen molar-refractivity contribution in [3.8, 4) is 0 Å². The Morgan fingerprint density at radius 2 is 1.62 bits per heavy atom. The van der Waals surface area contributed by atoms with Crippen LogP contribution in [-0.4, -0.2) is 77.8 Å². The monoisotopic (exact) mass is 759 g/mol. The topological polar surface area (TPSA) is 117 Å². The van der Waals surface area contributed by atoms with E-state index in [0.717, 1.165) is 42.8 Å². The van der Waals surface area contributed by atoms with E-state index in [9.17, 15) is 24.6 Å². The summed E-state index contributed by atoms with van der Waals surface area (Å²) < 4.78 is 0. The van der Waals surface area contributed by atoms with Gasteiger partial charge in [0, 0.05) is 48.9 Å². The lowest BCUT2D eigenvalue weighted by molar-refractivity contribution is -0.139. The van der Waals surface area contributed by atoms with Gasteiger partial charge in [-0.15, -0.1) is 0 Å². The number of hydrogen-bond donors (Lipinski definition) is 3. The fourth-order valence-electron chi connectivity index (χ4n) is 8.25. The molecule has 6 rings (SSSR count). The van der Waals surface area contributed by atoms with E-state index in [4.69, 9.17) is 0 Å². The van der Waals surface area contributed by atoms with Gasteiger partial charge in [0.05, 0.1) is 19.0 Å². The van der Waals surface area contributed by atoms with Gasteiger partial charge in [0.25, 0.3) is 11.8 Å². The predicted octanol–water partition coefficient (Wildman–Crippen LogP) is 6.45. The van der Waals surface area contributed by atoms with Gasteiger partial charge < -0.3 is 30.2 Å². The van der Waals surface area contributed by atoms with E-state index in [0.29, 0.717) is 49.5 Å². The Morgan fingerprint density at radius 3 is 2.30 bits per heavy atom. The van der Waals surface area contributed by atoms with Gasteiger partial charge in [-0.3, -0.25) is 19.3 Å². The molecule has 2 atom stereocenters. The Bertz CT molecular complexity index is 1950. The number of carbonyl (C=O) groups excluding carboxylic acids is 3. The molecule has 0 bridgehead atoms. The van der Waals surface area contributed by atoms with E-state index in [1.165, 1.54) is 5.57 Å². The van der Waals surface area contributed by atoms with Gasteiger partial charge in [-0.1, -0.05) is 90.9 Å². The van der Waals surface area contributed by atoms with Gasteiger partial charge in [0.1, 0.15) is 5.54 Å². The Labute approximate surface area is 331 Å². The lowest BCUT2D eigenvalue weighted by Crippen LogP contribution is -2.55. The van der Waals surface area contributed by atoms with Crippen molar-refractivity contribution < 1.29 is 24.6 Å². The van der Waals surface area contributed by atoms with E-state index < -0.39 is 23.0 Å². The Hall–Kier alpha value is -5.03. The number of nitrogens with one attached hydrogen (secondary N) is 1. The normalized spacial score (nSPS) is 19.9. The molecule has 2 fully saturated rings. The van der Waals surface area contributed by atoms with Crippen molar-refractivity contribution in [3.05, 3.63) is 125 Å². The Morgan fingerprint density at radius 1 is 0.929 bits per heavy atom. The average Bonchev–Trinajstić information content (AvgIpc) is 3.60. The van der Waals surface area contributed by atoms with Crippen LogP contribution in [0.1, 0.15) is 70.9 Å². The zero-order valence-corrected chi connectivity index (χ0v) is 33.3. The minimum Gasteiger partial charge on any atom is -0.395 e. The van der Waals surface area contributed by atoms with Crippen molar-refractivity contribution in [1.82, 2.24) is 10.2 Å². The zero-order chi connectivity index (χ0) is 39.9. The molecule has 3 N–H and O–H groups in total. The third kappa shape index (κ3) is 8.38. The molecular weight excluding hydrogens is 703 g/mol. The lowest BCUT2D eigenvalue weighted by atomic mass is 9.82. The number of fused-ring (bicyclic) bond motifs is 1. The summed E-state index contributed by atoms with van der Waals surface area (Å²) in [5, 5.41) is 25.7. The zero-order valence-electron chi connectivity index (χ0n) is 33.3. The standard InChI is InChI=1S/C46H57N5O5/c1-34(2)13-11-14-35(3)23-28-49-41-22-21-39(50-33-51(38-18-9-6-10-19-38)45(43(50)54)24-26-47-27-25-45)31-40(41)46(56,44(49)55)36(4)15-12-20-42(53)48(29-30-52)32-37-16-7-5-8-17-37/h5-10,12-13,15-19,21-23,31,36,47,52,56H,11,14,20,24-30,32-33H2,1-4H3/b15-12+,35-23+/t36-,46+/m1/s1. The van der Waals surface area contributed by atoms with Crippen LogP contribution >= 0.6 is 0 Å². The first kappa shape index (κ1) is 40.6. The Kier molecular flexibility index (Phi) is 12.9. The van der Waals surface area contributed by atoms with E-state index in [-0.39, 0.29) is 31.4 Å². The summed E-state index contributed by atoms with van der Waals surface area (Å²) in [6, 6.07) is 25.2. The number of carbonyl (C=O) groups is 3. The summed E-state index contributed by atoms with van der Waals surface area (Å²) in [6.45, 7) is 10.5. The maximum atomic E-state index is 14.6. The molecule has 1 spiro atoms. The minimum atomic E-state index is -1.95. The van der Waals surface area contributed by atoms with Crippen molar-refractivity contribution in [2.75, 3.05) is 54.2 Å². The van der Waals surface area contributed by atoms with Crippen LogP contribution in [0.5, 0.6) is 0 Å². The van der Waals surface area contributed by atoms with Gasteiger partial charge >= 0.3 is 0 Å². The number of amides is 3. The van der Waals surface area contributed by atoms with Gasteiger partial charge in [0.2, 0.25) is 5.91 Å². The largest absolute Gasteiger partial charge is 0.395 e. The number of aliphatic hydroxyl groups is 2. The van der Waals surface area contributed by atoms with E-state index in [1.807, 2.05) is 84.9 Å². The van der Waals surface area contributed by atoms with Crippen LogP contribution < -0.4 is 20.0 Å². The summed E-state index contributed by atoms with van der Waals surface area (Å²) in [6.07, 6.45) is 10.8. The Balaban J connectivity index is 1.31. The summed E-state index contributed by atoms with van der Waals surface area (Å²) >= 11 is 0. The average molecular weight is 760 g/mol. The van der Waals surface area contributed by atoms with E-state index in [2.05, 4.69) is 37.1 Å². The molecule has 3 aromatic rings. The van der Waals surface area contributed by atoms with Crippen LogP contribution in [-0.2, 0) is 26.5 Å². The molecule has 296 valence electrons. The minimum absolute atomic E-state index is 0.0110. The van der Waals surface area contributed by atoms with E-state index >= 15 is 0 Å². The first-order valence-electron chi connectivity index (χ1n) is 19.9. The third-order valence-electron chi connectivity index (χ3n) is 11.5. The summed E-state index contributed by atoms with van der Waals surface area (Å²) in [4.78, 5) is 49.7. The number of piperidine rings is 1. The number of nitrogens with zero attached hydrogens (tertiary/aromatic N) is 4. The molecule has 3 heterocycles. The molecule has 10 nitrogen and oxygen atoms in total. The quantitative estimate of drug-likeness (QED) is 0.153. The molecule has 0 aliphatic carbocycles. The van der Waals surface area contributed by atoms with Crippen LogP contribution in [0.25, 0.3) is 0 Å². The highest BCUT2D eigenvalue weighted by Crippen LogP contribution is 2.48. The van der Waals surface area contributed by atoms with Gasteiger partial charge in [-0.2, -0.15) is 0 Å². The van der Waals surface area contributed by atoms with Crippen LogP contribution in [0.15, 0.2) is 114 Å². The molecule has 3 aromatic carbocycles. The fraction of sp³-hybridized carbons (Fsp3) is 0.413.